The van der Waals surface area contributed by atoms with Crippen LogP contribution < -0.4 is 4.74 Å². The third-order valence-corrected chi connectivity index (χ3v) is 4.40. The highest BCUT2D eigenvalue weighted by atomic mass is 16.6. The van der Waals surface area contributed by atoms with E-state index in [0.717, 1.165) is 23.1 Å². The second-order valence-electron chi connectivity index (χ2n) is 6.27. The standard InChI is InChI=1S/C17H20N4O4/c1-11-3-4-12(2)15(9-11)25-13-5-7-20(8-6-13)17(22)16-14(21(23)24)10-18-19-16/h3-4,9-10,13H,5-8H2,1-2H3,(H,18,19). The zero-order valence-corrected chi connectivity index (χ0v) is 14.2. The average Bonchev–Trinajstić information content (AvgIpc) is 3.08. The summed E-state index contributed by atoms with van der Waals surface area (Å²) in [6.07, 6.45) is 2.45. The summed E-state index contributed by atoms with van der Waals surface area (Å²) in [5.41, 5.74) is 1.86. The Labute approximate surface area is 144 Å². The summed E-state index contributed by atoms with van der Waals surface area (Å²) >= 11 is 0. The number of ether oxygens (including phenoxy) is 1. The summed E-state index contributed by atoms with van der Waals surface area (Å²) in [4.78, 5) is 24.4. The maximum Gasteiger partial charge on any atom is 0.319 e. The maximum absolute atomic E-state index is 12.5. The van der Waals surface area contributed by atoms with Crippen molar-refractivity contribution in [1.82, 2.24) is 15.1 Å². The van der Waals surface area contributed by atoms with E-state index >= 15 is 0 Å². The number of piperidine rings is 1. The SMILES string of the molecule is Cc1ccc(C)c(OC2CCN(C(=O)c3[nH]ncc3[N+](=O)[O-])CC2)c1. The van der Waals surface area contributed by atoms with Gasteiger partial charge in [-0.05, 0) is 31.0 Å². The summed E-state index contributed by atoms with van der Waals surface area (Å²) in [6, 6.07) is 6.09. The number of nitrogens with zero attached hydrogens (tertiary/aromatic N) is 3. The van der Waals surface area contributed by atoms with Crippen LogP contribution in [0, 0.1) is 24.0 Å². The molecular formula is C17H20N4O4. The van der Waals surface area contributed by atoms with Gasteiger partial charge in [-0.2, -0.15) is 5.10 Å². The Kier molecular flexibility index (Phi) is 4.69. The van der Waals surface area contributed by atoms with E-state index < -0.39 is 10.8 Å². The Bertz CT molecular complexity index is 794. The molecule has 2 heterocycles. The number of hydrogen-bond acceptors (Lipinski definition) is 5. The van der Waals surface area contributed by atoms with Crippen LogP contribution in [0.3, 0.4) is 0 Å². The van der Waals surface area contributed by atoms with Crippen LogP contribution in [-0.4, -0.2) is 45.1 Å². The highest BCUT2D eigenvalue weighted by molar-refractivity contribution is 5.96. The minimum atomic E-state index is -0.604. The zero-order valence-electron chi connectivity index (χ0n) is 14.2. The monoisotopic (exact) mass is 344 g/mol. The van der Waals surface area contributed by atoms with Crippen molar-refractivity contribution in [1.29, 1.82) is 0 Å². The fourth-order valence-corrected chi connectivity index (χ4v) is 2.92. The Morgan fingerprint density at radius 3 is 2.76 bits per heavy atom. The lowest BCUT2D eigenvalue weighted by Gasteiger charge is -2.32. The van der Waals surface area contributed by atoms with Crippen LogP contribution in [0.15, 0.2) is 24.4 Å². The molecule has 0 bridgehead atoms. The first-order valence-corrected chi connectivity index (χ1v) is 8.16. The summed E-state index contributed by atoms with van der Waals surface area (Å²) in [5.74, 6) is 0.475. The van der Waals surface area contributed by atoms with Crippen molar-refractivity contribution in [3.05, 3.63) is 51.3 Å². The van der Waals surface area contributed by atoms with Gasteiger partial charge in [0.1, 0.15) is 18.1 Å². The van der Waals surface area contributed by atoms with E-state index in [1.807, 2.05) is 32.0 Å². The smallest absolute Gasteiger partial charge is 0.319 e. The fraction of sp³-hybridized carbons (Fsp3) is 0.412. The number of aromatic amines is 1. The Hall–Kier alpha value is -2.90. The van der Waals surface area contributed by atoms with Crippen molar-refractivity contribution in [3.8, 4) is 5.75 Å². The van der Waals surface area contributed by atoms with Gasteiger partial charge < -0.3 is 9.64 Å². The van der Waals surface area contributed by atoms with E-state index in [2.05, 4.69) is 10.2 Å². The molecule has 1 aliphatic rings. The number of amides is 1. The second kappa shape index (κ2) is 6.92. The first kappa shape index (κ1) is 16.9. The molecule has 1 amide bonds. The molecule has 1 saturated heterocycles. The number of carbonyl (C=O) groups is 1. The largest absolute Gasteiger partial charge is 0.490 e. The van der Waals surface area contributed by atoms with E-state index in [0.29, 0.717) is 25.9 Å². The van der Waals surface area contributed by atoms with Gasteiger partial charge in [0.15, 0.2) is 0 Å². The topological polar surface area (TPSA) is 101 Å². The van der Waals surface area contributed by atoms with Gasteiger partial charge in [0.25, 0.3) is 5.91 Å². The highest BCUT2D eigenvalue weighted by Crippen LogP contribution is 2.25. The van der Waals surface area contributed by atoms with Gasteiger partial charge >= 0.3 is 5.69 Å². The first-order chi connectivity index (χ1) is 12.0. The Balaban J connectivity index is 1.62. The van der Waals surface area contributed by atoms with E-state index in [4.69, 9.17) is 4.74 Å². The van der Waals surface area contributed by atoms with Gasteiger partial charge in [0, 0.05) is 25.9 Å². The summed E-state index contributed by atoms with van der Waals surface area (Å²) in [7, 11) is 0. The average molecular weight is 344 g/mol. The van der Waals surface area contributed by atoms with Crippen molar-refractivity contribution < 1.29 is 14.5 Å². The molecule has 2 aromatic rings. The Morgan fingerprint density at radius 1 is 1.36 bits per heavy atom. The van der Waals surface area contributed by atoms with Gasteiger partial charge in [0.2, 0.25) is 5.69 Å². The quantitative estimate of drug-likeness (QED) is 0.678. The predicted octanol–water partition coefficient (Wildman–Crippen LogP) is 2.62. The number of rotatable bonds is 4. The van der Waals surface area contributed by atoms with Gasteiger partial charge in [0.05, 0.1) is 4.92 Å². The molecule has 1 aromatic carbocycles. The number of likely N-dealkylation sites (tertiary alicyclic amines) is 1. The minimum absolute atomic E-state index is 0.0290. The van der Waals surface area contributed by atoms with Crippen molar-refractivity contribution >= 4 is 11.6 Å². The molecule has 8 heteroatoms. The van der Waals surface area contributed by atoms with Crippen molar-refractivity contribution in [2.24, 2.45) is 0 Å². The van der Waals surface area contributed by atoms with Crippen LogP contribution in [0.4, 0.5) is 5.69 Å². The summed E-state index contributed by atoms with van der Waals surface area (Å²) in [5, 5.41) is 17.0. The highest BCUT2D eigenvalue weighted by Gasteiger charge is 2.30. The van der Waals surface area contributed by atoms with E-state index in [-0.39, 0.29) is 17.5 Å². The third-order valence-electron chi connectivity index (χ3n) is 4.40. The number of aromatic nitrogens is 2. The maximum atomic E-state index is 12.5. The summed E-state index contributed by atoms with van der Waals surface area (Å²) < 4.78 is 6.08. The molecule has 1 N–H and O–H groups in total. The molecule has 0 saturated carbocycles. The molecule has 25 heavy (non-hydrogen) atoms. The molecule has 1 aliphatic heterocycles. The lowest BCUT2D eigenvalue weighted by Crippen LogP contribution is -2.42. The molecule has 3 rings (SSSR count). The second-order valence-corrected chi connectivity index (χ2v) is 6.27. The zero-order chi connectivity index (χ0) is 18.0. The number of nitrogens with one attached hydrogen (secondary N) is 1. The normalized spacial score (nSPS) is 15.2. The number of benzene rings is 1. The van der Waals surface area contributed by atoms with E-state index in [1.54, 1.807) is 4.90 Å². The molecule has 0 aliphatic carbocycles. The van der Waals surface area contributed by atoms with Gasteiger partial charge in [-0.1, -0.05) is 12.1 Å². The number of hydrogen-bond donors (Lipinski definition) is 1. The molecule has 0 radical (unpaired) electrons. The van der Waals surface area contributed by atoms with Crippen molar-refractivity contribution in [2.75, 3.05) is 13.1 Å². The van der Waals surface area contributed by atoms with Gasteiger partial charge in [-0.25, -0.2) is 0 Å². The minimum Gasteiger partial charge on any atom is -0.490 e. The number of H-pyrrole nitrogens is 1. The van der Waals surface area contributed by atoms with Crippen LogP contribution >= 0.6 is 0 Å². The number of nitro groups is 1. The molecule has 0 atom stereocenters. The molecular weight excluding hydrogens is 324 g/mol. The Morgan fingerprint density at radius 2 is 2.08 bits per heavy atom. The van der Waals surface area contributed by atoms with Gasteiger partial charge in [-0.3, -0.25) is 20.0 Å². The first-order valence-electron chi connectivity index (χ1n) is 8.16. The van der Waals surface area contributed by atoms with Crippen LogP contribution in [0.25, 0.3) is 0 Å². The van der Waals surface area contributed by atoms with Crippen LogP contribution in [0.5, 0.6) is 5.75 Å². The molecule has 8 nitrogen and oxygen atoms in total. The number of carbonyl (C=O) groups excluding carboxylic acids is 1. The van der Waals surface area contributed by atoms with Gasteiger partial charge in [-0.15, -0.1) is 0 Å². The third kappa shape index (κ3) is 3.62. The lowest BCUT2D eigenvalue weighted by molar-refractivity contribution is -0.385. The van der Waals surface area contributed by atoms with Crippen LogP contribution in [0.2, 0.25) is 0 Å². The molecule has 1 aromatic heterocycles. The summed E-state index contributed by atoms with van der Waals surface area (Å²) in [6.45, 7) is 5.00. The fourth-order valence-electron chi connectivity index (χ4n) is 2.92. The van der Waals surface area contributed by atoms with Crippen LogP contribution in [0.1, 0.15) is 34.5 Å². The molecule has 1 fully saturated rings. The van der Waals surface area contributed by atoms with E-state index in [1.165, 1.54) is 0 Å². The van der Waals surface area contributed by atoms with Crippen LogP contribution in [-0.2, 0) is 0 Å². The molecule has 0 unspecified atom stereocenters. The number of aryl methyl sites for hydroxylation is 2. The van der Waals surface area contributed by atoms with Crippen molar-refractivity contribution in [2.45, 2.75) is 32.8 Å². The van der Waals surface area contributed by atoms with E-state index in [9.17, 15) is 14.9 Å². The predicted molar refractivity (Wildman–Crippen MR) is 90.7 cm³/mol. The lowest BCUT2D eigenvalue weighted by atomic mass is 10.1. The van der Waals surface area contributed by atoms with Crippen molar-refractivity contribution in [3.63, 3.8) is 0 Å². The molecule has 132 valence electrons. The molecule has 0 spiro atoms.